The molecule has 1 aliphatic heterocycles. The minimum Gasteiger partial charge on any atom is -0.383 e. The number of carbonyl (C=O) groups excluding carboxylic acids is 1. The Bertz CT molecular complexity index is 708. The maximum Gasteiger partial charge on any atom is 0.243 e. The molecule has 1 amide bonds. The zero-order valence-electron chi connectivity index (χ0n) is 17.0. The third-order valence-corrected chi connectivity index (χ3v) is 6.75. The van der Waals surface area contributed by atoms with Gasteiger partial charge in [0, 0.05) is 53.5 Å². The van der Waals surface area contributed by atoms with Crippen LogP contribution in [0.15, 0.2) is 29.2 Å². The van der Waals surface area contributed by atoms with Crippen LogP contribution < -0.4 is 0 Å². The first-order chi connectivity index (χ1) is 13.4. The Morgan fingerprint density at radius 3 is 2.04 bits per heavy atom. The van der Waals surface area contributed by atoms with E-state index in [0.717, 1.165) is 5.56 Å². The summed E-state index contributed by atoms with van der Waals surface area (Å²) < 4.78 is 37.2. The van der Waals surface area contributed by atoms with Crippen molar-refractivity contribution in [1.82, 2.24) is 14.1 Å². The average molecular weight is 414 g/mol. The SMILES string of the molecule is COCCN(CCOC)C(=O)CN1CCN(S(=O)(=O)c2ccc(C)cc2)CC1. The van der Waals surface area contributed by atoms with E-state index in [1.54, 1.807) is 43.4 Å². The molecule has 0 bridgehead atoms. The predicted molar refractivity (Wildman–Crippen MR) is 107 cm³/mol. The van der Waals surface area contributed by atoms with E-state index in [2.05, 4.69) is 0 Å². The van der Waals surface area contributed by atoms with E-state index in [1.165, 1.54) is 4.31 Å². The van der Waals surface area contributed by atoms with E-state index < -0.39 is 10.0 Å². The summed E-state index contributed by atoms with van der Waals surface area (Å²) in [6, 6.07) is 6.89. The van der Waals surface area contributed by atoms with Crippen LogP contribution in [0.4, 0.5) is 0 Å². The topological polar surface area (TPSA) is 79.4 Å². The van der Waals surface area contributed by atoms with Gasteiger partial charge < -0.3 is 14.4 Å². The Kier molecular flexibility index (Phi) is 8.84. The normalized spacial score (nSPS) is 16.2. The number of benzene rings is 1. The van der Waals surface area contributed by atoms with Gasteiger partial charge in [-0.3, -0.25) is 9.69 Å². The van der Waals surface area contributed by atoms with Crippen molar-refractivity contribution in [3.05, 3.63) is 29.8 Å². The summed E-state index contributed by atoms with van der Waals surface area (Å²) in [7, 11) is -0.285. The molecular formula is C19H31N3O5S. The van der Waals surface area contributed by atoms with E-state index in [0.29, 0.717) is 57.4 Å². The fourth-order valence-electron chi connectivity index (χ4n) is 3.04. The lowest BCUT2D eigenvalue weighted by molar-refractivity contribution is -0.134. The highest BCUT2D eigenvalue weighted by atomic mass is 32.2. The van der Waals surface area contributed by atoms with Gasteiger partial charge in [0.2, 0.25) is 15.9 Å². The van der Waals surface area contributed by atoms with Gasteiger partial charge in [0.25, 0.3) is 0 Å². The first-order valence-electron chi connectivity index (χ1n) is 9.43. The van der Waals surface area contributed by atoms with Gasteiger partial charge in [-0.1, -0.05) is 17.7 Å². The molecule has 1 aromatic carbocycles. The molecule has 28 heavy (non-hydrogen) atoms. The smallest absolute Gasteiger partial charge is 0.243 e. The second-order valence-corrected chi connectivity index (χ2v) is 8.80. The zero-order chi connectivity index (χ0) is 20.6. The minimum absolute atomic E-state index is 0.00365. The van der Waals surface area contributed by atoms with Crippen LogP contribution in [-0.4, -0.2) is 102 Å². The number of sulfonamides is 1. The summed E-state index contributed by atoms with van der Waals surface area (Å²) in [5.74, 6) is 0.00365. The summed E-state index contributed by atoms with van der Waals surface area (Å²) >= 11 is 0. The molecule has 1 fully saturated rings. The van der Waals surface area contributed by atoms with Crippen LogP contribution in [0.3, 0.4) is 0 Å². The number of carbonyl (C=O) groups is 1. The van der Waals surface area contributed by atoms with Crippen LogP contribution in [-0.2, 0) is 24.3 Å². The third-order valence-electron chi connectivity index (χ3n) is 4.83. The van der Waals surface area contributed by atoms with Crippen molar-refractivity contribution < 1.29 is 22.7 Å². The monoisotopic (exact) mass is 413 g/mol. The van der Waals surface area contributed by atoms with Gasteiger partial charge >= 0.3 is 0 Å². The van der Waals surface area contributed by atoms with Gasteiger partial charge in [-0.15, -0.1) is 0 Å². The lowest BCUT2D eigenvalue weighted by Gasteiger charge is -2.34. The van der Waals surface area contributed by atoms with Gasteiger partial charge in [0.1, 0.15) is 0 Å². The number of piperazine rings is 1. The highest BCUT2D eigenvalue weighted by Crippen LogP contribution is 2.18. The molecule has 0 radical (unpaired) electrons. The van der Waals surface area contributed by atoms with E-state index in [-0.39, 0.29) is 12.5 Å². The molecule has 1 heterocycles. The van der Waals surface area contributed by atoms with Gasteiger partial charge in [0.15, 0.2) is 0 Å². The molecule has 8 nitrogen and oxygen atoms in total. The highest BCUT2D eigenvalue weighted by molar-refractivity contribution is 7.89. The molecule has 0 saturated carbocycles. The molecule has 1 saturated heterocycles. The number of rotatable bonds is 10. The molecule has 0 unspecified atom stereocenters. The molecule has 1 aliphatic rings. The van der Waals surface area contributed by atoms with Gasteiger partial charge in [0.05, 0.1) is 24.7 Å². The largest absolute Gasteiger partial charge is 0.383 e. The lowest BCUT2D eigenvalue weighted by Crippen LogP contribution is -2.52. The van der Waals surface area contributed by atoms with E-state index in [9.17, 15) is 13.2 Å². The van der Waals surface area contributed by atoms with Crippen molar-refractivity contribution in [2.75, 3.05) is 73.2 Å². The van der Waals surface area contributed by atoms with Crippen LogP contribution >= 0.6 is 0 Å². The first kappa shape index (κ1) is 22.8. The number of amides is 1. The summed E-state index contributed by atoms with van der Waals surface area (Å²) in [6.45, 7) is 5.97. The quantitative estimate of drug-likeness (QED) is 0.553. The molecule has 0 aromatic heterocycles. The van der Waals surface area contributed by atoms with Gasteiger partial charge in [-0.25, -0.2) is 8.42 Å². The minimum atomic E-state index is -3.49. The van der Waals surface area contributed by atoms with Crippen LogP contribution in [0.2, 0.25) is 0 Å². The van der Waals surface area contributed by atoms with Crippen molar-refractivity contribution in [3.63, 3.8) is 0 Å². The summed E-state index contributed by atoms with van der Waals surface area (Å²) in [5, 5.41) is 0. The van der Waals surface area contributed by atoms with Crippen molar-refractivity contribution in [1.29, 1.82) is 0 Å². The standard InChI is InChI=1S/C19H31N3O5S/c1-17-4-6-18(7-5-17)28(24,25)22-10-8-20(9-11-22)16-19(23)21(12-14-26-2)13-15-27-3/h4-7H,8-16H2,1-3H3. The number of hydrogen-bond acceptors (Lipinski definition) is 6. The van der Waals surface area contributed by atoms with E-state index in [4.69, 9.17) is 9.47 Å². The Labute approximate surface area is 168 Å². The molecule has 0 spiro atoms. The van der Waals surface area contributed by atoms with Crippen LogP contribution in [0.5, 0.6) is 0 Å². The van der Waals surface area contributed by atoms with E-state index in [1.807, 2.05) is 11.8 Å². The second-order valence-electron chi connectivity index (χ2n) is 6.86. The maximum atomic E-state index is 12.8. The number of nitrogens with zero attached hydrogens (tertiary/aromatic N) is 3. The fraction of sp³-hybridized carbons (Fsp3) is 0.632. The second kappa shape index (κ2) is 10.9. The molecule has 0 N–H and O–H groups in total. The summed E-state index contributed by atoms with van der Waals surface area (Å²) in [4.78, 5) is 16.6. The molecule has 0 aliphatic carbocycles. The van der Waals surface area contributed by atoms with Crippen molar-refractivity contribution in [2.24, 2.45) is 0 Å². The van der Waals surface area contributed by atoms with Crippen LogP contribution in [0.25, 0.3) is 0 Å². The number of hydrogen-bond donors (Lipinski definition) is 0. The molecule has 2 rings (SSSR count). The average Bonchev–Trinajstić information content (AvgIpc) is 2.69. The highest BCUT2D eigenvalue weighted by Gasteiger charge is 2.29. The number of methoxy groups -OCH3 is 2. The number of ether oxygens (including phenoxy) is 2. The van der Waals surface area contributed by atoms with Crippen LogP contribution in [0.1, 0.15) is 5.56 Å². The summed E-state index contributed by atoms with van der Waals surface area (Å²) in [6.07, 6.45) is 0. The molecule has 1 aromatic rings. The third kappa shape index (κ3) is 6.25. The Morgan fingerprint density at radius 1 is 1.00 bits per heavy atom. The Hall–Kier alpha value is -1.52. The molecule has 0 atom stereocenters. The van der Waals surface area contributed by atoms with Crippen molar-refractivity contribution >= 4 is 15.9 Å². The first-order valence-corrected chi connectivity index (χ1v) is 10.9. The molecule has 158 valence electrons. The van der Waals surface area contributed by atoms with Gasteiger partial charge in [-0.2, -0.15) is 4.31 Å². The van der Waals surface area contributed by atoms with E-state index >= 15 is 0 Å². The molecular weight excluding hydrogens is 382 g/mol. The maximum absolute atomic E-state index is 12.8. The Balaban J connectivity index is 1.90. The van der Waals surface area contributed by atoms with Crippen LogP contribution in [0, 0.1) is 6.92 Å². The predicted octanol–water partition coefficient (Wildman–Crippen LogP) is 0.423. The van der Waals surface area contributed by atoms with Crippen molar-refractivity contribution in [3.8, 4) is 0 Å². The lowest BCUT2D eigenvalue weighted by atomic mass is 10.2. The molecule has 9 heteroatoms. The zero-order valence-corrected chi connectivity index (χ0v) is 17.8. The summed E-state index contributed by atoms with van der Waals surface area (Å²) in [5.41, 5.74) is 1.02. The Morgan fingerprint density at radius 2 is 1.54 bits per heavy atom. The van der Waals surface area contributed by atoms with Crippen molar-refractivity contribution in [2.45, 2.75) is 11.8 Å². The van der Waals surface area contributed by atoms with Gasteiger partial charge in [-0.05, 0) is 19.1 Å². The number of aryl methyl sites for hydroxylation is 1. The fourth-order valence-corrected chi connectivity index (χ4v) is 4.46.